The van der Waals surface area contributed by atoms with Crippen LogP contribution in [0.25, 0.3) is 0 Å². The zero-order valence-corrected chi connectivity index (χ0v) is 14.5. The summed E-state index contributed by atoms with van der Waals surface area (Å²) >= 11 is 6.07. The van der Waals surface area contributed by atoms with Crippen LogP contribution in [0.3, 0.4) is 0 Å². The second-order valence-electron chi connectivity index (χ2n) is 6.37. The fourth-order valence-corrected chi connectivity index (χ4v) is 3.26. The number of cyclic esters (lactones) is 1. The molecular weight excluding hydrogens is 348 g/mol. The number of epoxide rings is 1. The monoisotopic (exact) mass is 366 g/mol. The highest BCUT2D eigenvalue weighted by Gasteiger charge is 2.39. The first-order valence-corrected chi connectivity index (χ1v) is 8.53. The predicted octanol–water partition coefficient (Wildman–Crippen LogP) is 2.92. The highest BCUT2D eigenvalue weighted by Crippen LogP contribution is 2.38. The number of hydrogen-bond donors (Lipinski definition) is 2. The van der Waals surface area contributed by atoms with Crippen molar-refractivity contribution in [2.75, 3.05) is 0 Å². The summed E-state index contributed by atoms with van der Waals surface area (Å²) < 4.78 is 10.9. The van der Waals surface area contributed by atoms with E-state index in [1.54, 1.807) is 13.0 Å². The van der Waals surface area contributed by atoms with Crippen LogP contribution in [0.1, 0.15) is 42.1 Å². The third-order valence-corrected chi connectivity index (χ3v) is 4.78. The van der Waals surface area contributed by atoms with Gasteiger partial charge in [-0.3, -0.25) is 4.79 Å². The van der Waals surface area contributed by atoms with Crippen LogP contribution in [-0.4, -0.2) is 40.3 Å². The summed E-state index contributed by atoms with van der Waals surface area (Å²) in [6.45, 7) is 1.74. The molecule has 0 aliphatic carbocycles. The standard InChI is InChI=1S/C18H19ClO6/c1-9-6-15-14(25-15)5-3-2-4-10(20)7-11-16(18(23)24-9)12(21)8-13(22)17(11)19/h2,4,8-9,14-15,21-22H,3,5-7H2,1H3/b4-2-/t9-,14-,15-/m1/s1. The molecular formula is C18H19ClO6. The average Bonchev–Trinajstić information content (AvgIpc) is 3.25. The van der Waals surface area contributed by atoms with Crippen LogP contribution in [0.4, 0.5) is 0 Å². The first-order valence-electron chi connectivity index (χ1n) is 8.16. The van der Waals surface area contributed by atoms with Gasteiger partial charge in [-0.2, -0.15) is 0 Å². The quantitative estimate of drug-likeness (QED) is 0.541. The Balaban J connectivity index is 1.98. The molecule has 2 N–H and O–H groups in total. The molecule has 0 amide bonds. The number of aromatic hydroxyl groups is 2. The van der Waals surface area contributed by atoms with Crippen molar-refractivity contribution in [2.45, 2.75) is 50.9 Å². The molecule has 0 bridgehead atoms. The van der Waals surface area contributed by atoms with E-state index in [0.717, 1.165) is 12.5 Å². The van der Waals surface area contributed by atoms with E-state index >= 15 is 0 Å². The largest absolute Gasteiger partial charge is 0.507 e. The lowest BCUT2D eigenvalue weighted by Crippen LogP contribution is -2.20. The van der Waals surface area contributed by atoms with Crippen molar-refractivity contribution in [3.8, 4) is 11.5 Å². The third kappa shape index (κ3) is 3.96. The van der Waals surface area contributed by atoms with E-state index in [-0.39, 0.29) is 40.6 Å². The summed E-state index contributed by atoms with van der Waals surface area (Å²) in [7, 11) is 0. The Bertz CT molecular complexity index is 742. The van der Waals surface area contributed by atoms with Gasteiger partial charge >= 0.3 is 5.97 Å². The molecule has 3 rings (SSSR count). The Morgan fingerprint density at radius 1 is 1.20 bits per heavy atom. The van der Waals surface area contributed by atoms with Gasteiger partial charge in [-0.15, -0.1) is 0 Å². The lowest BCUT2D eigenvalue weighted by molar-refractivity contribution is -0.114. The first-order chi connectivity index (χ1) is 11.9. The molecule has 134 valence electrons. The van der Waals surface area contributed by atoms with E-state index in [1.807, 2.05) is 0 Å². The predicted molar refractivity (Wildman–Crippen MR) is 90.0 cm³/mol. The lowest BCUT2D eigenvalue weighted by atomic mass is 9.99. The Morgan fingerprint density at radius 2 is 1.96 bits per heavy atom. The number of fused-ring (bicyclic) bond motifs is 2. The topological polar surface area (TPSA) is 96.4 Å². The summed E-state index contributed by atoms with van der Waals surface area (Å²) in [5.74, 6) is -1.95. The molecule has 6 nitrogen and oxygen atoms in total. The Hall–Kier alpha value is -2.05. The number of carbonyl (C=O) groups excluding carboxylic acids is 2. The molecule has 1 saturated heterocycles. The maximum atomic E-state index is 12.5. The minimum atomic E-state index is -0.784. The highest BCUT2D eigenvalue weighted by atomic mass is 35.5. The number of hydrogen-bond acceptors (Lipinski definition) is 6. The van der Waals surface area contributed by atoms with Crippen molar-refractivity contribution >= 4 is 23.4 Å². The van der Waals surface area contributed by atoms with Gasteiger partial charge in [0.15, 0.2) is 5.78 Å². The van der Waals surface area contributed by atoms with Gasteiger partial charge in [0.1, 0.15) is 23.2 Å². The highest BCUT2D eigenvalue weighted by molar-refractivity contribution is 6.33. The molecule has 2 aliphatic rings. The van der Waals surface area contributed by atoms with Crippen molar-refractivity contribution in [1.29, 1.82) is 0 Å². The number of esters is 1. The molecule has 3 atom stereocenters. The number of ketones is 1. The Kier molecular flexibility index (Phi) is 5.01. The van der Waals surface area contributed by atoms with Gasteiger partial charge in [-0.05, 0) is 25.8 Å². The maximum absolute atomic E-state index is 12.5. The Labute approximate surface area is 150 Å². The summed E-state index contributed by atoms with van der Waals surface area (Å²) in [4.78, 5) is 24.7. The molecule has 0 spiro atoms. The van der Waals surface area contributed by atoms with E-state index in [1.165, 1.54) is 6.08 Å². The number of halogens is 1. The van der Waals surface area contributed by atoms with Crippen LogP contribution in [-0.2, 0) is 20.7 Å². The average molecular weight is 367 g/mol. The zero-order chi connectivity index (χ0) is 18.1. The molecule has 1 aromatic rings. The van der Waals surface area contributed by atoms with Gasteiger partial charge in [0.25, 0.3) is 0 Å². The number of allylic oxidation sites excluding steroid dienone is 2. The van der Waals surface area contributed by atoms with E-state index in [2.05, 4.69) is 0 Å². The van der Waals surface area contributed by atoms with Crippen LogP contribution in [0.15, 0.2) is 18.2 Å². The molecule has 7 heteroatoms. The number of phenolic OH excluding ortho intramolecular Hbond substituents is 2. The van der Waals surface area contributed by atoms with E-state index in [0.29, 0.717) is 12.8 Å². The van der Waals surface area contributed by atoms with Crippen LogP contribution in [0.5, 0.6) is 11.5 Å². The normalized spacial score (nSPS) is 28.3. The van der Waals surface area contributed by atoms with Gasteiger partial charge in [-0.1, -0.05) is 17.7 Å². The number of phenols is 2. The van der Waals surface area contributed by atoms with Crippen LogP contribution < -0.4 is 0 Å². The first kappa shape index (κ1) is 17.8. The van der Waals surface area contributed by atoms with Crippen molar-refractivity contribution < 1.29 is 29.3 Å². The molecule has 1 aromatic carbocycles. The number of benzene rings is 1. The molecule has 0 radical (unpaired) electrons. The fourth-order valence-electron chi connectivity index (χ4n) is 3.04. The third-order valence-electron chi connectivity index (χ3n) is 4.36. The van der Waals surface area contributed by atoms with Gasteiger partial charge in [0.2, 0.25) is 0 Å². The zero-order valence-electron chi connectivity index (χ0n) is 13.7. The number of ether oxygens (including phenoxy) is 2. The minimum Gasteiger partial charge on any atom is -0.507 e. The SMILES string of the molecule is C[C@@H]1C[C@H]2O[C@@H]2CC/C=C\C(=O)Cc2c(Cl)c(O)cc(O)c2C(=O)O1. The van der Waals surface area contributed by atoms with Crippen molar-refractivity contribution in [3.05, 3.63) is 34.4 Å². The molecule has 2 heterocycles. The molecule has 0 unspecified atom stereocenters. The van der Waals surface area contributed by atoms with Crippen LogP contribution in [0.2, 0.25) is 5.02 Å². The summed E-state index contributed by atoms with van der Waals surface area (Å²) in [6.07, 6.45) is 4.74. The molecule has 25 heavy (non-hydrogen) atoms. The number of rotatable bonds is 0. The lowest BCUT2D eigenvalue weighted by Gasteiger charge is -2.16. The number of carbonyl (C=O) groups is 2. The minimum absolute atomic E-state index is 0.0336. The van der Waals surface area contributed by atoms with Crippen LogP contribution >= 0.6 is 11.6 Å². The molecule has 0 aromatic heterocycles. The van der Waals surface area contributed by atoms with Gasteiger partial charge < -0.3 is 19.7 Å². The van der Waals surface area contributed by atoms with Crippen molar-refractivity contribution in [1.82, 2.24) is 0 Å². The van der Waals surface area contributed by atoms with E-state index in [4.69, 9.17) is 21.1 Å². The summed E-state index contributed by atoms with van der Waals surface area (Å²) in [5.41, 5.74) is -0.134. The second kappa shape index (κ2) is 7.06. The van der Waals surface area contributed by atoms with E-state index in [9.17, 15) is 19.8 Å². The Morgan fingerprint density at radius 3 is 2.72 bits per heavy atom. The van der Waals surface area contributed by atoms with E-state index < -0.39 is 23.6 Å². The smallest absolute Gasteiger partial charge is 0.342 e. The molecule has 2 aliphatic heterocycles. The van der Waals surface area contributed by atoms with Crippen LogP contribution in [0, 0.1) is 0 Å². The van der Waals surface area contributed by atoms with Crippen molar-refractivity contribution in [2.24, 2.45) is 0 Å². The molecule has 1 fully saturated rings. The summed E-state index contributed by atoms with van der Waals surface area (Å²) in [6, 6.07) is 0.969. The van der Waals surface area contributed by atoms with Gasteiger partial charge in [-0.25, -0.2) is 4.79 Å². The van der Waals surface area contributed by atoms with Gasteiger partial charge in [0, 0.05) is 24.5 Å². The summed E-state index contributed by atoms with van der Waals surface area (Å²) in [5, 5.41) is 19.8. The van der Waals surface area contributed by atoms with Gasteiger partial charge in [0.05, 0.1) is 17.2 Å². The second-order valence-corrected chi connectivity index (χ2v) is 6.75. The van der Waals surface area contributed by atoms with Crippen molar-refractivity contribution in [3.63, 3.8) is 0 Å². The maximum Gasteiger partial charge on any atom is 0.342 e. The molecule has 0 saturated carbocycles. The fraction of sp³-hybridized carbons (Fsp3) is 0.444.